The van der Waals surface area contributed by atoms with Crippen LogP contribution < -0.4 is 9.64 Å². The normalized spacial score (nSPS) is 15.8. The molecule has 0 saturated carbocycles. The van der Waals surface area contributed by atoms with Gasteiger partial charge in [0, 0.05) is 11.6 Å². The molecule has 0 fully saturated rings. The van der Waals surface area contributed by atoms with E-state index in [1.54, 1.807) is 10.8 Å². The van der Waals surface area contributed by atoms with Gasteiger partial charge in [-0.05, 0) is 12.1 Å². The summed E-state index contributed by atoms with van der Waals surface area (Å²) < 4.78 is 23.7. The van der Waals surface area contributed by atoms with Crippen molar-refractivity contribution in [3.05, 3.63) is 35.3 Å². The maximum absolute atomic E-state index is 13.6. The molecule has 20 heavy (non-hydrogen) atoms. The molecule has 2 heterocycles. The van der Waals surface area contributed by atoms with E-state index < -0.39 is 11.8 Å². The summed E-state index contributed by atoms with van der Waals surface area (Å²) >= 11 is 0. The van der Waals surface area contributed by atoms with E-state index in [9.17, 15) is 14.0 Å². The molecule has 0 saturated heterocycles. The van der Waals surface area contributed by atoms with Gasteiger partial charge in [-0.15, -0.1) is 0 Å². The summed E-state index contributed by atoms with van der Waals surface area (Å²) in [7, 11) is 1.26. The third kappa shape index (κ3) is 1.70. The summed E-state index contributed by atoms with van der Waals surface area (Å²) in [5.41, 5.74) is 1.18. The zero-order chi connectivity index (χ0) is 14.3. The van der Waals surface area contributed by atoms with Crippen molar-refractivity contribution in [2.45, 2.75) is 0 Å². The van der Waals surface area contributed by atoms with E-state index in [-0.39, 0.29) is 11.3 Å². The van der Waals surface area contributed by atoms with Gasteiger partial charge in [0.15, 0.2) is 0 Å². The minimum atomic E-state index is -0.569. The number of esters is 1. The van der Waals surface area contributed by atoms with Gasteiger partial charge in [0.1, 0.15) is 29.8 Å². The Morgan fingerprint density at radius 1 is 1.50 bits per heavy atom. The summed E-state index contributed by atoms with van der Waals surface area (Å²) in [5, 5.41) is 0. The lowest BCUT2D eigenvalue weighted by Gasteiger charge is -2.36. The van der Waals surface area contributed by atoms with Crippen LogP contribution in [0.5, 0.6) is 5.75 Å². The lowest BCUT2D eigenvalue weighted by Crippen LogP contribution is -2.37. The quantitative estimate of drug-likeness (QED) is 0.571. The van der Waals surface area contributed by atoms with Crippen molar-refractivity contribution in [2.24, 2.45) is 0 Å². The van der Waals surface area contributed by atoms with Crippen LogP contribution in [0.4, 0.5) is 10.1 Å². The summed E-state index contributed by atoms with van der Waals surface area (Å²) in [5.74, 6) is 0.946. The Labute approximate surface area is 113 Å². The predicted molar refractivity (Wildman–Crippen MR) is 68.4 cm³/mol. The van der Waals surface area contributed by atoms with Crippen molar-refractivity contribution < 1.29 is 23.5 Å². The number of hydrogen-bond donors (Lipinski definition) is 0. The molecule has 0 aromatic heterocycles. The number of benzene rings is 1. The SMILES string of the molecule is COC(=O)C1=CC(=C=O)c2cc(F)cc3c2N1CCO3. The van der Waals surface area contributed by atoms with E-state index in [1.165, 1.54) is 25.3 Å². The summed E-state index contributed by atoms with van der Waals surface area (Å²) in [6.45, 7) is 0.725. The average Bonchev–Trinajstić information content (AvgIpc) is 2.46. The molecular weight excluding hydrogens is 265 g/mol. The average molecular weight is 275 g/mol. The molecular formula is C14H10FNO4. The molecule has 0 radical (unpaired) electrons. The number of anilines is 1. The number of methoxy groups -OCH3 is 1. The van der Waals surface area contributed by atoms with Crippen LogP contribution in [0.2, 0.25) is 0 Å². The molecule has 5 nitrogen and oxygen atoms in total. The number of hydrogen-bond acceptors (Lipinski definition) is 5. The second-order valence-electron chi connectivity index (χ2n) is 4.34. The molecule has 3 rings (SSSR count). The summed E-state index contributed by atoms with van der Waals surface area (Å²) in [4.78, 5) is 24.6. The molecule has 0 spiro atoms. The minimum Gasteiger partial charge on any atom is -0.489 e. The van der Waals surface area contributed by atoms with Gasteiger partial charge in [-0.25, -0.2) is 14.0 Å². The molecule has 0 bridgehead atoms. The highest BCUT2D eigenvalue weighted by Gasteiger charge is 2.33. The smallest absolute Gasteiger partial charge is 0.354 e. The van der Waals surface area contributed by atoms with Crippen molar-refractivity contribution in [1.82, 2.24) is 0 Å². The molecule has 0 unspecified atom stereocenters. The molecule has 0 amide bonds. The molecule has 1 aromatic rings. The van der Waals surface area contributed by atoms with E-state index in [2.05, 4.69) is 0 Å². The van der Waals surface area contributed by atoms with Gasteiger partial charge in [0.2, 0.25) is 0 Å². The van der Waals surface area contributed by atoms with Crippen LogP contribution in [0.25, 0.3) is 5.57 Å². The van der Waals surface area contributed by atoms with Crippen molar-refractivity contribution in [1.29, 1.82) is 0 Å². The predicted octanol–water partition coefficient (Wildman–Crippen LogP) is 1.31. The van der Waals surface area contributed by atoms with Crippen LogP contribution in [-0.4, -0.2) is 32.2 Å². The van der Waals surface area contributed by atoms with E-state index in [4.69, 9.17) is 9.47 Å². The van der Waals surface area contributed by atoms with Gasteiger partial charge < -0.3 is 14.4 Å². The topological polar surface area (TPSA) is 55.8 Å². The van der Waals surface area contributed by atoms with Gasteiger partial charge in [-0.3, -0.25) is 0 Å². The van der Waals surface area contributed by atoms with Crippen LogP contribution in [0, 0.1) is 5.82 Å². The van der Waals surface area contributed by atoms with Crippen molar-refractivity contribution >= 4 is 23.2 Å². The molecule has 1 aromatic carbocycles. The number of carbonyl (C=O) groups is 1. The molecule has 0 N–H and O–H groups in total. The van der Waals surface area contributed by atoms with Gasteiger partial charge >= 0.3 is 5.97 Å². The number of nitrogens with zero attached hydrogens (tertiary/aromatic N) is 1. The number of carbonyl (C=O) groups excluding carboxylic acids is 2. The fourth-order valence-corrected chi connectivity index (χ4v) is 2.42. The van der Waals surface area contributed by atoms with E-state index in [0.717, 1.165) is 0 Å². The van der Waals surface area contributed by atoms with Gasteiger partial charge in [-0.2, -0.15) is 0 Å². The highest BCUT2D eigenvalue weighted by Crippen LogP contribution is 2.44. The Balaban J connectivity index is 2.27. The molecule has 102 valence electrons. The monoisotopic (exact) mass is 275 g/mol. The standard InChI is InChI=1S/C14H10FNO4/c1-19-14(18)11-4-8(7-17)10-5-9(15)6-12-13(10)16(11)2-3-20-12/h4-6H,2-3H2,1H3. The third-order valence-electron chi connectivity index (χ3n) is 3.25. The summed E-state index contributed by atoms with van der Waals surface area (Å²) in [6, 6.07) is 2.46. The lowest BCUT2D eigenvalue weighted by atomic mass is 9.96. The molecule has 0 atom stereocenters. The van der Waals surface area contributed by atoms with Gasteiger partial charge in [0.05, 0.1) is 24.9 Å². The van der Waals surface area contributed by atoms with Crippen LogP contribution in [0.15, 0.2) is 23.9 Å². The molecule has 6 heteroatoms. The molecule has 0 aliphatic carbocycles. The van der Waals surface area contributed by atoms with E-state index >= 15 is 0 Å². The zero-order valence-corrected chi connectivity index (χ0v) is 10.6. The number of allylic oxidation sites excluding steroid dienone is 2. The second kappa shape index (κ2) is 4.51. The number of ether oxygens (including phenoxy) is 2. The van der Waals surface area contributed by atoms with Gasteiger partial charge in [-0.1, -0.05) is 0 Å². The molecule has 2 aliphatic rings. The fraction of sp³-hybridized carbons (Fsp3) is 0.214. The first-order valence-electron chi connectivity index (χ1n) is 5.95. The van der Waals surface area contributed by atoms with Crippen molar-refractivity contribution in [2.75, 3.05) is 25.2 Å². The zero-order valence-electron chi connectivity index (χ0n) is 10.6. The highest BCUT2D eigenvalue weighted by molar-refractivity contribution is 6.08. The number of halogens is 1. The number of rotatable bonds is 1. The lowest BCUT2D eigenvalue weighted by molar-refractivity contribution is -0.136. The van der Waals surface area contributed by atoms with Crippen LogP contribution >= 0.6 is 0 Å². The maximum Gasteiger partial charge on any atom is 0.354 e. The Morgan fingerprint density at radius 2 is 2.30 bits per heavy atom. The largest absolute Gasteiger partial charge is 0.489 e. The van der Waals surface area contributed by atoms with Crippen LogP contribution in [-0.2, 0) is 14.3 Å². The first-order chi connectivity index (χ1) is 9.65. The molecule has 2 aliphatic heterocycles. The van der Waals surface area contributed by atoms with Crippen molar-refractivity contribution in [3.8, 4) is 5.75 Å². The Kier molecular flexibility index (Phi) is 2.80. The second-order valence-corrected chi connectivity index (χ2v) is 4.34. The Bertz CT molecular complexity index is 689. The fourth-order valence-electron chi connectivity index (χ4n) is 2.42. The maximum atomic E-state index is 13.6. The Morgan fingerprint density at radius 3 is 3.00 bits per heavy atom. The van der Waals surface area contributed by atoms with Gasteiger partial charge in [0.25, 0.3) is 0 Å². The Hall–Kier alpha value is -2.59. The first-order valence-corrected chi connectivity index (χ1v) is 5.95. The minimum absolute atomic E-state index is 0.0999. The van der Waals surface area contributed by atoms with Crippen LogP contribution in [0.3, 0.4) is 0 Å². The van der Waals surface area contributed by atoms with E-state index in [1.807, 2.05) is 0 Å². The summed E-state index contributed by atoms with van der Waals surface area (Å²) in [6.07, 6.45) is 1.36. The third-order valence-corrected chi connectivity index (χ3v) is 3.25. The van der Waals surface area contributed by atoms with Crippen LogP contribution in [0.1, 0.15) is 5.56 Å². The van der Waals surface area contributed by atoms with E-state index in [0.29, 0.717) is 30.2 Å². The first kappa shape index (κ1) is 12.4. The highest BCUT2D eigenvalue weighted by atomic mass is 19.1. The van der Waals surface area contributed by atoms with Crippen molar-refractivity contribution in [3.63, 3.8) is 0 Å².